The molecule has 1 fully saturated rings. The molecule has 7 heteroatoms. The number of amides is 1. The maximum atomic E-state index is 12.5. The summed E-state index contributed by atoms with van der Waals surface area (Å²) in [4.78, 5) is 25.4. The fourth-order valence-corrected chi connectivity index (χ4v) is 3.30. The van der Waals surface area contributed by atoms with E-state index in [1.807, 2.05) is 24.0 Å². The molecule has 1 N–H and O–H groups in total. The van der Waals surface area contributed by atoms with Crippen LogP contribution in [0.1, 0.15) is 35.7 Å². The molecule has 1 aliphatic rings. The summed E-state index contributed by atoms with van der Waals surface area (Å²) in [6, 6.07) is 10.2. The van der Waals surface area contributed by atoms with E-state index >= 15 is 0 Å². The van der Waals surface area contributed by atoms with Crippen molar-refractivity contribution < 1.29 is 9.72 Å². The third kappa shape index (κ3) is 3.80. The fourth-order valence-electron chi connectivity index (χ4n) is 3.09. The first-order chi connectivity index (χ1) is 12.5. The zero-order valence-corrected chi connectivity index (χ0v) is 15.3. The monoisotopic (exact) mass is 373 g/mol. The standard InChI is InChI=1S/C19H20ClN3O3/c1-2-13-5-7-14(8-6-13)19(24)21-16-12-17(22-9-3-4-10-22)18(23(25)26)11-15(16)20/h5-8,11-12H,2-4,9-10H2,1H3,(H,21,24). The van der Waals surface area contributed by atoms with E-state index in [-0.39, 0.29) is 16.6 Å². The molecule has 3 rings (SSSR count). The highest BCUT2D eigenvalue weighted by Crippen LogP contribution is 2.38. The summed E-state index contributed by atoms with van der Waals surface area (Å²) in [5.41, 5.74) is 2.49. The van der Waals surface area contributed by atoms with Gasteiger partial charge in [0.15, 0.2) is 0 Å². The lowest BCUT2D eigenvalue weighted by atomic mass is 10.1. The van der Waals surface area contributed by atoms with Crippen molar-refractivity contribution >= 4 is 34.6 Å². The van der Waals surface area contributed by atoms with Gasteiger partial charge in [0, 0.05) is 24.7 Å². The summed E-state index contributed by atoms with van der Waals surface area (Å²) in [5.74, 6) is -0.296. The van der Waals surface area contributed by atoms with Gasteiger partial charge < -0.3 is 10.2 Å². The highest BCUT2D eigenvalue weighted by Gasteiger charge is 2.25. The van der Waals surface area contributed by atoms with Gasteiger partial charge in [-0.05, 0) is 43.0 Å². The molecule has 0 atom stereocenters. The van der Waals surface area contributed by atoms with E-state index in [0.717, 1.165) is 37.9 Å². The van der Waals surface area contributed by atoms with Gasteiger partial charge in [-0.15, -0.1) is 0 Å². The first-order valence-corrected chi connectivity index (χ1v) is 9.00. The molecule has 26 heavy (non-hydrogen) atoms. The Morgan fingerprint density at radius 2 is 1.88 bits per heavy atom. The van der Waals surface area contributed by atoms with Gasteiger partial charge in [0.2, 0.25) is 0 Å². The van der Waals surface area contributed by atoms with Crippen molar-refractivity contribution in [3.63, 3.8) is 0 Å². The number of nitrogens with zero attached hydrogens (tertiary/aromatic N) is 2. The second kappa shape index (κ2) is 7.74. The number of carbonyl (C=O) groups is 1. The van der Waals surface area contributed by atoms with Crippen LogP contribution in [-0.2, 0) is 6.42 Å². The van der Waals surface area contributed by atoms with E-state index in [0.29, 0.717) is 16.9 Å². The van der Waals surface area contributed by atoms with Gasteiger partial charge in [0.25, 0.3) is 11.6 Å². The Labute approximate surface area is 156 Å². The highest BCUT2D eigenvalue weighted by atomic mass is 35.5. The Kier molecular flexibility index (Phi) is 5.42. The average molecular weight is 374 g/mol. The Balaban J connectivity index is 1.89. The molecule has 2 aromatic carbocycles. The molecule has 0 saturated carbocycles. The van der Waals surface area contributed by atoms with Crippen molar-refractivity contribution in [1.82, 2.24) is 0 Å². The first-order valence-electron chi connectivity index (χ1n) is 8.62. The molecule has 0 bridgehead atoms. The SMILES string of the molecule is CCc1ccc(C(=O)Nc2cc(N3CCCC3)c([N+](=O)[O-])cc2Cl)cc1. The predicted molar refractivity (Wildman–Crippen MR) is 103 cm³/mol. The maximum Gasteiger partial charge on any atom is 0.294 e. The molecule has 1 amide bonds. The Hall–Kier alpha value is -2.60. The molecule has 1 saturated heterocycles. The van der Waals surface area contributed by atoms with Gasteiger partial charge in [0.1, 0.15) is 5.69 Å². The van der Waals surface area contributed by atoms with E-state index in [1.54, 1.807) is 18.2 Å². The lowest BCUT2D eigenvalue weighted by Crippen LogP contribution is -2.20. The first kappa shape index (κ1) is 18.2. The van der Waals surface area contributed by atoms with Gasteiger partial charge in [-0.1, -0.05) is 30.7 Å². The second-order valence-corrected chi connectivity index (χ2v) is 6.68. The van der Waals surface area contributed by atoms with Crippen LogP contribution in [0.3, 0.4) is 0 Å². The van der Waals surface area contributed by atoms with E-state index in [2.05, 4.69) is 5.32 Å². The number of carbonyl (C=O) groups excluding carboxylic acids is 1. The summed E-state index contributed by atoms with van der Waals surface area (Å²) in [6.45, 7) is 3.56. The van der Waals surface area contributed by atoms with E-state index in [4.69, 9.17) is 11.6 Å². The minimum Gasteiger partial charge on any atom is -0.366 e. The van der Waals surface area contributed by atoms with Crippen LogP contribution in [0.2, 0.25) is 5.02 Å². The van der Waals surface area contributed by atoms with Crippen LogP contribution in [0.25, 0.3) is 0 Å². The number of benzene rings is 2. The molecular weight excluding hydrogens is 354 g/mol. The van der Waals surface area contributed by atoms with Gasteiger partial charge in [0.05, 0.1) is 15.6 Å². The van der Waals surface area contributed by atoms with Gasteiger partial charge in [-0.25, -0.2) is 0 Å². The molecule has 1 heterocycles. The van der Waals surface area contributed by atoms with Gasteiger partial charge in [-0.3, -0.25) is 14.9 Å². The molecule has 136 valence electrons. The zero-order chi connectivity index (χ0) is 18.7. The number of anilines is 2. The highest BCUT2D eigenvalue weighted by molar-refractivity contribution is 6.34. The molecule has 6 nitrogen and oxygen atoms in total. The molecule has 2 aromatic rings. The van der Waals surface area contributed by atoms with Crippen molar-refractivity contribution in [2.45, 2.75) is 26.2 Å². The Bertz CT molecular complexity index is 831. The van der Waals surface area contributed by atoms with Crippen molar-refractivity contribution in [3.8, 4) is 0 Å². The number of hydrogen-bond acceptors (Lipinski definition) is 4. The lowest BCUT2D eigenvalue weighted by molar-refractivity contribution is -0.384. The summed E-state index contributed by atoms with van der Waals surface area (Å²) < 4.78 is 0. The van der Waals surface area contributed by atoms with Crippen LogP contribution < -0.4 is 10.2 Å². The van der Waals surface area contributed by atoms with Gasteiger partial charge in [-0.2, -0.15) is 0 Å². The third-order valence-corrected chi connectivity index (χ3v) is 4.89. The number of rotatable bonds is 5. The molecular formula is C19H20ClN3O3. The minimum atomic E-state index is -0.436. The number of halogens is 1. The van der Waals surface area contributed by atoms with Crippen molar-refractivity contribution in [1.29, 1.82) is 0 Å². The number of nitro groups is 1. The number of nitro benzene ring substituents is 1. The summed E-state index contributed by atoms with van der Waals surface area (Å²) in [5, 5.41) is 14.3. The second-order valence-electron chi connectivity index (χ2n) is 6.28. The molecule has 0 spiro atoms. The van der Waals surface area contributed by atoms with E-state index in [9.17, 15) is 14.9 Å². The number of nitrogens with one attached hydrogen (secondary N) is 1. The Morgan fingerprint density at radius 3 is 2.46 bits per heavy atom. The minimum absolute atomic E-state index is 0.0396. The topological polar surface area (TPSA) is 75.5 Å². The summed E-state index contributed by atoms with van der Waals surface area (Å²) in [7, 11) is 0. The zero-order valence-electron chi connectivity index (χ0n) is 14.5. The smallest absolute Gasteiger partial charge is 0.294 e. The number of hydrogen-bond donors (Lipinski definition) is 1. The van der Waals surface area contributed by atoms with Crippen LogP contribution in [-0.4, -0.2) is 23.9 Å². The summed E-state index contributed by atoms with van der Waals surface area (Å²) in [6.07, 6.45) is 2.88. The fraction of sp³-hybridized carbons (Fsp3) is 0.316. The predicted octanol–water partition coefficient (Wildman–Crippen LogP) is 4.66. The Morgan fingerprint density at radius 1 is 1.23 bits per heavy atom. The molecule has 1 aliphatic heterocycles. The quantitative estimate of drug-likeness (QED) is 0.610. The van der Waals surface area contributed by atoms with Gasteiger partial charge >= 0.3 is 0 Å². The molecule has 0 aliphatic carbocycles. The average Bonchev–Trinajstić information content (AvgIpc) is 3.17. The van der Waals surface area contributed by atoms with Crippen LogP contribution in [0.4, 0.5) is 17.1 Å². The largest absolute Gasteiger partial charge is 0.366 e. The van der Waals surface area contributed by atoms with Crippen LogP contribution in [0.15, 0.2) is 36.4 Å². The van der Waals surface area contributed by atoms with E-state index in [1.165, 1.54) is 6.07 Å². The van der Waals surface area contributed by atoms with Crippen molar-refractivity contribution in [2.75, 3.05) is 23.3 Å². The lowest BCUT2D eigenvalue weighted by Gasteiger charge is -2.19. The molecule has 0 unspecified atom stereocenters. The maximum absolute atomic E-state index is 12.5. The van der Waals surface area contributed by atoms with Crippen LogP contribution >= 0.6 is 11.6 Å². The van der Waals surface area contributed by atoms with Crippen molar-refractivity contribution in [2.24, 2.45) is 0 Å². The molecule has 0 aromatic heterocycles. The van der Waals surface area contributed by atoms with Crippen molar-refractivity contribution in [3.05, 3.63) is 62.7 Å². The molecule has 0 radical (unpaired) electrons. The van der Waals surface area contributed by atoms with Crippen LogP contribution in [0.5, 0.6) is 0 Å². The van der Waals surface area contributed by atoms with Crippen LogP contribution in [0, 0.1) is 10.1 Å². The normalized spacial score (nSPS) is 13.7. The third-order valence-electron chi connectivity index (χ3n) is 4.58. The summed E-state index contributed by atoms with van der Waals surface area (Å²) >= 11 is 6.19. The number of aryl methyl sites for hydroxylation is 1. The van der Waals surface area contributed by atoms with E-state index < -0.39 is 4.92 Å².